The van der Waals surface area contributed by atoms with Crippen molar-refractivity contribution in [2.24, 2.45) is 20.0 Å². The van der Waals surface area contributed by atoms with Crippen molar-refractivity contribution in [1.29, 1.82) is 0 Å². The van der Waals surface area contributed by atoms with Gasteiger partial charge in [-0.3, -0.25) is 28.8 Å². The molecule has 1 saturated heterocycles. The first-order valence-electron chi connectivity index (χ1n) is 10.4. The third-order valence-corrected chi connectivity index (χ3v) is 5.66. The van der Waals surface area contributed by atoms with Crippen LogP contribution in [0.3, 0.4) is 0 Å². The van der Waals surface area contributed by atoms with Gasteiger partial charge in [-0.1, -0.05) is 6.92 Å². The topological polar surface area (TPSA) is 146 Å². The molecule has 0 saturated carbocycles. The minimum absolute atomic E-state index is 0.0556. The molecule has 0 spiro atoms. The van der Waals surface area contributed by atoms with Crippen molar-refractivity contribution in [3.05, 3.63) is 60.8 Å². The van der Waals surface area contributed by atoms with Gasteiger partial charge in [0.05, 0.1) is 10.5 Å². The molecule has 12 nitrogen and oxygen atoms in total. The van der Waals surface area contributed by atoms with E-state index >= 15 is 0 Å². The summed E-state index contributed by atoms with van der Waals surface area (Å²) < 4.78 is 6.89. The SMILES string of the molecule is CC1CCN(c2ccc(C(=O)OCC(=O)Nc3cc(=O)n(C)c(=O)n3C)cc2[N+](=O)[O-])CC1. The van der Waals surface area contributed by atoms with Crippen LogP contribution in [0.4, 0.5) is 17.2 Å². The largest absolute Gasteiger partial charge is 0.452 e. The molecule has 1 fully saturated rings. The minimum atomic E-state index is -0.912. The summed E-state index contributed by atoms with van der Waals surface area (Å²) in [6.07, 6.45) is 1.85. The predicted molar refractivity (Wildman–Crippen MR) is 120 cm³/mol. The van der Waals surface area contributed by atoms with Gasteiger partial charge in [-0.15, -0.1) is 0 Å². The third kappa shape index (κ3) is 5.27. The highest BCUT2D eigenvalue weighted by molar-refractivity contribution is 5.95. The van der Waals surface area contributed by atoms with Gasteiger partial charge >= 0.3 is 11.7 Å². The molecule has 33 heavy (non-hydrogen) atoms. The number of ether oxygens (including phenoxy) is 1. The van der Waals surface area contributed by atoms with Crippen LogP contribution in [0.2, 0.25) is 0 Å². The van der Waals surface area contributed by atoms with E-state index in [1.807, 2.05) is 4.90 Å². The van der Waals surface area contributed by atoms with Crippen LogP contribution in [0.1, 0.15) is 30.1 Å². The van der Waals surface area contributed by atoms with Gasteiger partial charge in [0.2, 0.25) is 0 Å². The number of piperidine rings is 1. The molecule has 2 heterocycles. The molecule has 2 aromatic rings. The summed E-state index contributed by atoms with van der Waals surface area (Å²) in [5.41, 5.74) is -1.08. The lowest BCUT2D eigenvalue weighted by Crippen LogP contribution is -2.38. The summed E-state index contributed by atoms with van der Waals surface area (Å²) in [7, 11) is 2.67. The standard InChI is InChI=1S/C21H25N5O7/c1-13-6-8-25(9-7-13)15-5-4-14(10-16(15)26(31)32)20(29)33-12-18(27)22-17-11-19(28)24(3)21(30)23(17)2/h4-5,10-11,13H,6-9,12H2,1-3H3,(H,22,27). The number of nitrogens with one attached hydrogen (secondary N) is 1. The maximum absolute atomic E-state index is 12.4. The lowest BCUT2D eigenvalue weighted by atomic mass is 9.98. The fourth-order valence-electron chi connectivity index (χ4n) is 3.56. The second-order valence-corrected chi connectivity index (χ2v) is 8.02. The van der Waals surface area contributed by atoms with Gasteiger partial charge in [-0.25, -0.2) is 9.59 Å². The molecule has 1 aromatic carbocycles. The molecule has 1 N–H and O–H groups in total. The van der Waals surface area contributed by atoms with Crippen molar-refractivity contribution < 1.29 is 19.2 Å². The van der Waals surface area contributed by atoms with Crippen LogP contribution in [0.5, 0.6) is 0 Å². The zero-order valence-corrected chi connectivity index (χ0v) is 18.6. The van der Waals surface area contributed by atoms with Crippen molar-refractivity contribution in [2.45, 2.75) is 19.8 Å². The Kier molecular flexibility index (Phi) is 6.95. The summed E-state index contributed by atoms with van der Waals surface area (Å²) in [5.74, 6) is -1.19. The van der Waals surface area contributed by atoms with E-state index in [-0.39, 0.29) is 17.1 Å². The first kappa shape index (κ1) is 23.7. The first-order valence-corrected chi connectivity index (χ1v) is 10.4. The van der Waals surface area contributed by atoms with Crippen molar-refractivity contribution in [2.75, 3.05) is 29.9 Å². The fraction of sp³-hybridized carbons (Fsp3) is 0.429. The molecule has 1 aliphatic rings. The van der Waals surface area contributed by atoms with Crippen LogP contribution >= 0.6 is 0 Å². The van der Waals surface area contributed by atoms with Crippen LogP contribution in [-0.4, -0.2) is 45.6 Å². The Hall–Kier alpha value is -3.96. The number of hydrogen-bond donors (Lipinski definition) is 1. The van der Waals surface area contributed by atoms with E-state index in [0.717, 1.165) is 34.1 Å². The first-order chi connectivity index (χ1) is 15.6. The number of hydrogen-bond acceptors (Lipinski definition) is 8. The van der Waals surface area contributed by atoms with Gasteiger partial charge in [-0.2, -0.15) is 0 Å². The molecule has 1 aromatic heterocycles. The number of carbonyl (C=O) groups excluding carboxylic acids is 2. The van der Waals surface area contributed by atoms with Crippen LogP contribution < -0.4 is 21.5 Å². The number of rotatable bonds is 6. The second-order valence-electron chi connectivity index (χ2n) is 8.02. The normalized spacial score (nSPS) is 14.1. The van der Waals surface area contributed by atoms with Gasteiger partial charge in [0.15, 0.2) is 6.61 Å². The quantitative estimate of drug-likeness (QED) is 0.383. The number of nitro benzene ring substituents is 1. The van der Waals surface area contributed by atoms with Crippen molar-refractivity contribution in [3.8, 4) is 0 Å². The van der Waals surface area contributed by atoms with Crippen molar-refractivity contribution in [1.82, 2.24) is 9.13 Å². The number of carbonyl (C=O) groups is 2. The van der Waals surface area contributed by atoms with Crippen molar-refractivity contribution >= 4 is 29.1 Å². The van der Waals surface area contributed by atoms with Gasteiger partial charge in [0.25, 0.3) is 17.2 Å². The Labute approximate surface area is 188 Å². The monoisotopic (exact) mass is 459 g/mol. The van der Waals surface area contributed by atoms with Crippen LogP contribution in [0.25, 0.3) is 0 Å². The number of aromatic nitrogens is 2. The second kappa shape index (κ2) is 9.67. The molecule has 0 unspecified atom stereocenters. The number of nitro groups is 1. The molecule has 3 rings (SSSR count). The average molecular weight is 459 g/mol. The van der Waals surface area contributed by atoms with E-state index in [0.29, 0.717) is 24.7 Å². The number of anilines is 2. The highest BCUT2D eigenvalue weighted by Gasteiger charge is 2.25. The molecule has 1 aliphatic heterocycles. The Morgan fingerprint density at radius 3 is 2.45 bits per heavy atom. The zero-order chi connectivity index (χ0) is 24.3. The Morgan fingerprint density at radius 1 is 1.15 bits per heavy atom. The predicted octanol–water partition coefficient (Wildman–Crippen LogP) is 1.02. The number of amides is 1. The van der Waals surface area contributed by atoms with Gasteiger partial charge in [-0.05, 0) is 30.9 Å². The summed E-state index contributed by atoms with van der Waals surface area (Å²) in [4.78, 5) is 61.2. The fourth-order valence-corrected chi connectivity index (χ4v) is 3.56. The van der Waals surface area contributed by atoms with Gasteiger partial charge in [0, 0.05) is 39.3 Å². The van der Waals surface area contributed by atoms with Crippen LogP contribution in [0.15, 0.2) is 33.9 Å². The van der Waals surface area contributed by atoms with E-state index in [4.69, 9.17) is 4.74 Å². The lowest BCUT2D eigenvalue weighted by Gasteiger charge is -2.31. The molecule has 176 valence electrons. The molecule has 0 bridgehead atoms. The maximum Gasteiger partial charge on any atom is 0.338 e. The molecule has 0 aliphatic carbocycles. The zero-order valence-electron chi connectivity index (χ0n) is 18.6. The average Bonchev–Trinajstić information content (AvgIpc) is 2.79. The van der Waals surface area contributed by atoms with E-state index in [1.54, 1.807) is 0 Å². The lowest BCUT2D eigenvalue weighted by molar-refractivity contribution is -0.384. The van der Waals surface area contributed by atoms with E-state index in [9.17, 15) is 29.3 Å². The Morgan fingerprint density at radius 2 is 1.82 bits per heavy atom. The van der Waals surface area contributed by atoms with E-state index in [2.05, 4.69) is 12.2 Å². The number of nitrogens with zero attached hydrogens (tertiary/aromatic N) is 4. The molecule has 12 heteroatoms. The van der Waals surface area contributed by atoms with Crippen molar-refractivity contribution in [3.63, 3.8) is 0 Å². The maximum atomic E-state index is 12.4. The molecular formula is C21H25N5O7. The summed E-state index contributed by atoms with van der Waals surface area (Å²) in [5, 5.41) is 13.9. The van der Waals surface area contributed by atoms with Crippen LogP contribution in [-0.2, 0) is 23.6 Å². The summed E-state index contributed by atoms with van der Waals surface area (Å²) in [6.45, 7) is 2.81. The summed E-state index contributed by atoms with van der Waals surface area (Å²) in [6, 6.07) is 5.13. The van der Waals surface area contributed by atoms with E-state index in [1.165, 1.54) is 26.2 Å². The minimum Gasteiger partial charge on any atom is -0.452 e. The number of benzene rings is 1. The Bertz CT molecular complexity index is 1210. The Balaban J connectivity index is 1.68. The highest BCUT2D eigenvalue weighted by Crippen LogP contribution is 2.32. The number of esters is 1. The van der Waals surface area contributed by atoms with E-state index < -0.39 is 34.7 Å². The molecule has 0 radical (unpaired) electrons. The molecule has 1 amide bonds. The summed E-state index contributed by atoms with van der Waals surface area (Å²) >= 11 is 0. The molecular weight excluding hydrogens is 434 g/mol. The van der Waals surface area contributed by atoms with Gasteiger partial charge in [0.1, 0.15) is 11.5 Å². The van der Waals surface area contributed by atoms with Gasteiger partial charge < -0.3 is 15.0 Å². The molecule has 0 atom stereocenters. The third-order valence-electron chi connectivity index (χ3n) is 5.66. The van der Waals surface area contributed by atoms with Crippen LogP contribution in [0, 0.1) is 16.0 Å². The highest BCUT2D eigenvalue weighted by atomic mass is 16.6. The smallest absolute Gasteiger partial charge is 0.338 e.